The number of alkyl halides is 1. The Morgan fingerprint density at radius 1 is 1.18 bits per heavy atom. The molecule has 0 saturated carbocycles. The second kappa shape index (κ2) is 11.1. The number of halogens is 1. The summed E-state index contributed by atoms with van der Waals surface area (Å²) < 4.78 is 0. The Labute approximate surface area is 115 Å². The molecule has 2 nitrogen and oxygen atoms in total. The number of amides is 1. The predicted molar refractivity (Wildman–Crippen MR) is 78.6 cm³/mol. The summed E-state index contributed by atoms with van der Waals surface area (Å²) in [5.41, 5.74) is 0. The van der Waals surface area contributed by atoms with Gasteiger partial charge >= 0.3 is 0 Å². The van der Waals surface area contributed by atoms with Crippen molar-refractivity contribution >= 4 is 21.8 Å². The van der Waals surface area contributed by atoms with E-state index in [0.717, 1.165) is 18.2 Å². The van der Waals surface area contributed by atoms with Crippen molar-refractivity contribution < 1.29 is 4.79 Å². The average Bonchev–Trinajstić information content (AvgIpc) is 2.28. The lowest BCUT2D eigenvalue weighted by molar-refractivity contribution is -0.122. The van der Waals surface area contributed by atoms with Gasteiger partial charge in [-0.2, -0.15) is 0 Å². The van der Waals surface area contributed by atoms with E-state index in [1.807, 2.05) is 0 Å². The monoisotopic (exact) mass is 305 g/mol. The van der Waals surface area contributed by atoms with Gasteiger partial charge in [0.1, 0.15) is 0 Å². The minimum Gasteiger partial charge on any atom is -0.353 e. The first-order chi connectivity index (χ1) is 8.11. The number of carbonyl (C=O) groups is 1. The average molecular weight is 306 g/mol. The first-order valence-corrected chi connectivity index (χ1v) is 8.09. The summed E-state index contributed by atoms with van der Waals surface area (Å²) in [6.07, 6.45) is 7.73. The first kappa shape index (κ1) is 16.9. The SMILES string of the molecule is CCCCCCCC(=O)NC(CCBr)C(C)C. The van der Waals surface area contributed by atoms with Crippen LogP contribution >= 0.6 is 15.9 Å². The number of rotatable bonds is 10. The fraction of sp³-hybridized carbons (Fsp3) is 0.929. The van der Waals surface area contributed by atoms with E-state index in [1.165, 1.54) is 25.7 Å². The molecule has 0 aromatic carbocycles. The molecular formula is C14H28BrNO. The number of nitrogens with one attached hydrogen (secondary N) is 1. The van der Waals surface area contributed by atoms with Gasteiger partial charge in [0, 0.05) is 17.8 Å². The molecule has 1 amide bonds. The van der Waals surface area contributed by atoms with Gasteiger partial charge in [-0.25, -0.2) is 0 Å². The zero-order valence-corrected chi connectivity index (χ0v) is 13.2. The largest absolute Gasteiger partial charge is 0.353 e. The summed E-state index contributed by atoms with van der Waals surface area (Å²) in [6, 6.07) is 0.317. The van der Waals surface area contributed by atoms with Gasteiger partial charge in [0.2, 0.25) is 5.91 Å². The molecule has 0 fully saturated rings. The van der Waals surface area contributed by atoms with Crippen molar-refractivity contribution in [1.82, 2.24) is 5.32 Å². The molecule has 1 unspecified atom stereocenters. The van der Waals surface area contributed by atoms with Crippen molar-refractivity contribution in [2.45, 2.75) is 71.8 Å². The molecule has 1 atom stereocenters. The summed E-state index contributed by atoms with van der Waals surface area (Å²) in [6.45, 7) is 6.53. The van der Waals surface area contributed by atoms with Crippen LogP contribution in [-0.2, 0) is 4.79 Å². The highest BCUT2D eigenvalue weighted by Gasteiger charge is 2.14. The zero-order valence-electron chi connectivity index (χ0n) is 11.6. The summed E-state index contributed by atoms with van der Waals surface area (Å²) in [4.78, 5) is 11.7. The Kier molecular flexibility index (Phi) is 11.0. The van der Waals surface area contributed by atoms with Crippen molar-refractivity contribution in [1.29, 1.82) is 0 Å². The lowest BCUT2D eigenvalue weighted by Gasteiger charge is -2.21. The summed E-state index contributed by atoms with van der Waals surface area (Å²) in [5.74, 6) is 0.734. The molecule has 0 aromatic heterocycles. The Balaban J connectivity index is 3.67. The highest BCUT2D eigenvalue weighted by molar-refractivity contribution is 9.09. The molecule has 3 heteroatoms. The molecule has 0 rings (SSSR count). The van der Waals surface area contributed by atoms with E-state index < -0.39 is 0 Å². The van der Waals surface area contributed by atoms with Gasteiger partial charge in [0.25, 0.3) is 0 Å². The molecule has 1 N–H and O–H groups in total. The maximum Gasteiger partial charge on any atom is 0.220 e. The first-order valence-electron chi connectivity index (χ1n) is 6.97. The van der Waals surface area contributed by atoms with Crippen LogP contribution in [0.15, 0.2) is 0 Å². The van der Waals surface area contributed by atoms with Crippen molar-refractivity contribution in [3.8, 4) is 0 Å². The number of unbranched alkanes of at least 4 members (excludes halogenated alkanes) is 4. The van der Waals surface area contributed by atoms with Crippen LogP contribution in [0.2, 0.25) is 0 Å². The summed E-state index contributed by atoms with van der Waals surface area (Å²) in [7, 11) is 0. The van der Waals surface area contributed by atoms with Crippen LogP contribution in [0, 0.1) is 5.92 Å². The van der Waals surface area contributed by atoms with Crippen LogP contribution < -0.4 is 5.32 Å². The number of carbonyl (C=O) groups excluding carboxylic acids is 1. The third-order valence-corrected chi connectivity index (χ3v) is 3.54. The van der Waals surface area contributed by atoms with Crippen LogP contribution in [0.4, 0.5) is 0 Å². The Morgan fingerprint density at radius 3 is 2.35 bits per heavy atom. The molecule has 0 heterocycles. The summed E-state index contributed by atoms with van der Waals surface area (Å²) >= 11 is 3.44. The van der Waals surface area contributed by atoms with Gasteiger partial charge < -0.3 is 5.32 Å². The predicted octanol–water partition coefficient (Wildman–Crippen LogP) is 4.27. The smallest absolute Gasteiger partial charge is 0.220 e. The molecule has 0 aliphatic heterocycles. The molecule has 0 aromatic rings. The highest BCUT2D eigenvalue weighted by Crippen LogP contribution is 2.09. The molecule has 0 aliphatic carbocycles. The maximum absolute atomic E-state index is 11.7. The normalized spacial score (nSPS) is 12.8. The Hall–Kier alpha value is -0.0500. The number of hydrogen-bond acceptors (Lipinski definition) is 1. The third kappa shape index (κ3) is 9.63. The second-order valence-electron chi connectivity index (χ2n) is 5.06. The standard InChI is InChI=1S/C14H28BrNO/c1-4-5-6-7-8-9-14(17)16-13(10-11-15)12(2)3/h12-13H,4-11H2,1-3H3,(H,16,17). The quantitative estimate of drug-likeness (QED) is 0.474. The number of hydrogen-bond donors (Lipinski definition) is 1. The maximum atomic E-state index is 11.7. The van der Waals surface area contributed by atoms with Crippen LogP contribution in [0.25, 0.3) is 0 Å². The van der Waals surface area contributed by atoms with Gasteiger partial charge in [-0.15, -0.1) is 0 Å². The van der Waals surface area contributed by atoms with Crippen molar-refractivity contribution in [2.75, 3.05) is 5.33 Å². The molecule has 17 heavy (non-hydrogen) atoms. The van der Waals surface area contributed by atoms with Crippen LogP contribution in [0.5, 0.6) is 0 Å². The highest BCUT2D eigenvalue weighted by atomic mass is 79.9. The molecule has 0 spiro atoms. The van der Waals surface area contributed by atoms with E-state index in [4.69, 9.17) is 0 Å². The van der Waals surface area contributed by atoms with Gasteiger partial charge in [-0.3, -0.25) is 4.79 Å². The van der Waals surface area contributed by atoms with E-state index in [1.54, 1.807) is 0 Å². The van der Waals surface area contributed by atoms with E-state index in [0.29, 0.717) is 18.4 Å². The minimum atomic E-state index is 0.223. The van der Waals surface area contributed by atoms with Crippen LogP contribution in [-0.4, -0.2) is 17.3 Å². The van der Waals surface area contributed by atoms with E-state index in [2.05, 4.69) is 42.0 Å². The fourth-order valence-electron chi connectivity index (χ4n) is 1.86. The van der Waals surface area contributed by atoms with Crippen LogP contribution in [0.3, 0.4) is 0 Å². The van der Waals surface area contributed by atoms with Gasteiger partial charge in [-0.05, 0) is 18.8 Å². The van der Waals surface area contributed by atoms with Gasteiger partial charge in [-0.1, -0.05) is 62.4 Å². The second-order valence-corrected chi connectivity index (χ2v) is 5.85. The minimum absolute atomic E-state index is 0.223. The van der Waals surface area contributed by atoms with E-state index in [9.17, 15) is 4.79 Å². The van der Waals surface area contributed by atoms with Gasteiger partial charge in [0.15, 0.2) is 0 Å². The van der Waals surface area contributed by atoms with Crippen molar-refractivity contribution in [2.24, 2.45) is 5.92 Å². The van der Waals surface area contributed by atoms with E-state index in [-0.39, 0.29) is 5.91 Å². The Bertz CT molecular complexity index is 195. The third-order valence-electron chi connectivity index (χ3n) is 3.08. The van der Waals surface area contributed by atoms with Gasteiger partial charge in [0.05, 0.1) is 0 Å². The topological polar surface area (TPSA) is 29.1 Å². The van der Waals surface area contributed by atoms with E-state index >= 15 is 0 Å². The molecule has 102 valence electrons. The molecule has 0 saturated heterocycles. The molecular weight excluding hydrogens is 278 g/mol. The van der Waals surface area contributed by atoms with Crippen molar-refractivity contribution in [3.63, 3.8) is 0 Å². The lowest BCUT2D eigenvalue weighted by Crippen LogP contribution is -2.38. The van der Waals surface area contributed by atoms with Crippen LogP contribution in [0.1, 0.15) is 65.7 Å². The fourth-order valence-corrected chi connectivity index (χ4v) is 2.35. The molecule has 0 aliphatic rings. The lowest BCUT2D eigenvalue weighted by atomic mass is 10.0. The summed E-state index contributed by atoms with van der Waals surface area (Å²) in [5, 5.41) is 4.09. The molecule has 0 radical (unpaired) electrons. The Morgan fingerprint density at radius 2 is 1.82 bits per heavy atom. The van der Waals surface area contributed by atoms with Crippen molar-refractivity contribution in [3.05, 3.63) is 0 Å². The molecule has 0 bridgehead atoms. The zero-order chi connectivity index (χ0) is 13.1.